The van der Waals surface area contributed by atoms with Crippen molar-refractivity contribution in [2.75, 3.05) is 32.7 Å². The molecule has 25 heavy (non-hydrogen) atoms. The van der Waals surface area contributed by atoms with Gasteiger partial charge in [-0.25, -0.2) is 4.99 Å². The van der Waals surface area contributed by atoms with E-state index in [-0.39, 0.29) is 24.0 Å². The standard InChI is InChI=1S/C20H34N4.HI/c1-5-21-20(22-13-18-8-7-11-24(6-2)15-18)23-14-19-10-9-16(3)12-17(19)4;/h9-10,12,18H,5-8,11,13-15H2,1-4H3,(H2,21,22,23);1H. The molecular formula is C20H35IN4. The van der Waals surface area contributed by atoms with Crippen LogP contribution in [0, 0.1) is 19.8 Å². The highest BCUT2D eigenvalue weighted by atomic mass is 127. The quantitative estimate of drug-likeness (QED) is 0.388. The minimum Gasteiger partial charge on any atom is -0.357 e. The Morgan fingerprint density at radius 2 is 2.04 bits per heavy atom. The van der Waals surface area contributed by atoms with Crippen LogP contribution in [0.15, 0.2) is 23.2 Å². The molecule has 2 rings (SSSR count). The topological polar surface area (TPSA) is 39.7 Å². The second kappa shape index (κ2) is 11.7. The summed E-state index contributed by atoms with van der Waals surface area (Å²) in [6.45, 7) is 14.9. The number of likely N-dealkylation sites (tertiary alicyclic amines) is 1. The molecule has 1 aliphatic rings. The average molecular weight is 458 g/mol. The van der Waals surface area contributed by atoms with Gasteiger partial charge in [0.1, 0.15) is 0 Å². The van der Waals surface area contributed by atoms with Crippen LogP contribution < -0.4 is 10.6 Å². The Morgan fingerprint density at radius 3 is 2.72 bits per heavy atom. The summed E-state index contributed by atoms with van der Waals surface area (Å²) < 4.78 is 0. The van der Waals surface area contributed by atoms with E-state index in [4.69, 9.17) is 4.99 Å². The Balaban J connectivity index is 0.00000312. The zero-order valence-electron chi connectivity index (χ0n) is 16.3. The zero-order valence-corrected chi connectivity index (χ0v) is 18.6. The Hall–Kier alpha value is -0.820. The van der Waals surface area contributed by atoms with Crippen LogP contribution in [0.4, 0.5) is 0 Å². The third-order valence-electron chi connectivity index (χ3n) is 4.86. The molecule has 1 aromatic carbocycles. The van der Waals surface area contributed by atoms with Crippen molar-refractivity contribution in [2.24, 2.45) is 10.9 Å². The fourth-order valence-electron chi connectivity index (χ4n) is 3.38. The molecule has 4 nitrogen and oxygen atoms in total. The number of nitrogens with zero attached hydrogens (tertiary/aromatic N) is 2. The molecular weight excluding hydrogens is 423 g/mol. The molecule has 0 amide bonds. The molecule has 0 radical (unpaired) electrons. The van der Waals surface area contributed by atoms with E-state index in [0.717, 1.165) is 38.1 Å². The van der Waals surface area contributed by atoms with Gasteiger partial charge >= 0.3 is 0 Å². The van der Waals surface area contributed by atoms with Gasteiger partial charge in [0.15, 0.2) is 5.96 Å². The van der Waals surface area contributed by atoms with Gasteiger partial charge in [-0.15, -0.1) is 24.0 Å². The molecule has 5 heteroatoms. The van der Waals surface area contributed by atoms with Crippen LogP contribution in [0.1, 0.15) is 43.4 Å². The van der Waals surface area contributed by atoms with E-state index in [1.807, 2.05) is 0 Å². The average Bonchev–Trinajstić information content (AvgIpc) is 2.59. The molecule has 1 fully saturated rings. The summed E-state index contributed by atoms with van der Waals surface area (Å²) in [7, 11) is 0. The second-order valence-corrected chi connectivity index (χ2v) is 6.91. The molecule has 142 valence electrons. The van der Waals surface area contributed by atoms with Crippen LogP contribution >= 0.6 is 24.0 Å². The summed E-state index contributed by atoms with van der Waals surface area (Å²) in [5.74, 6) is 1.66. The van der Waals surface area contributed by atoms with Gasteiger partial charge in [-0.3, -0.25) is 0 Å². The molecule has 0 spiro atoms. The van der Waals surface area contributed by atoms with E-state index in [0.29, 0.717) is 0 Å². The lowest BCUT2D eigenvalue weighted by Gasteiger charge is -2.32. The lowest BCUT2D eigenvalue weighted by Crippen LogP contribution is -2.44. The predicted molar refractivity (Wildman–Crippen MR) is 119 cm³/mol. The highest BCUT2D eigenvalue weighted by Gasteiger charge is 2.18. The van der Waals surface area contributed by atoms with Crippen molar-refractivity contribution in [3.05, 3.63) is 34.9 Å². The number of piperidine rings is 1. The van der Waals surface area contributed by atoms with Gasteiger partial charge in [0.25, 0.3) is 0 Å². The summed E-state index contributed by atoms with van der Waals surface area (Å²) in [6, 6.07) is 6.59. The summed E-state index contributed by atoms with van der Waals surface area (Å²) in [5, 5.41) is 6.92. The van der Waals surface area contributed by atoms with E-state index in [1.54, 1.807) is 0 Å². The molecule has 0 aromatic heterocycles. The van der Waals surface area contributed by atoms with Crippen molar-refractivity contribution in [3.8, 4) is 0 Å². The SMILES string of the molecule is CCNC(=NCc1ccc(C)cc1C)NCC1CCCN(CC)C1.I. The van der Waals surface area contributed by atoms with Crippen LogP contribution in [-0.2, 0) is 6.54 Å². The zero-order chi connectivity index (χ0) is 17.4. The number of hydrogen-bond donors (Lipinski definition) is 2. The molecule has 1 heterocycles. The molecule has 1 aromatic rings. The number of aliphatic imine (C=N–C) groups is 1. The maximum Gasteiger partial charge on any atom is 0.191 e. The number of aryl methyl sites for hydroxylation is 2. The van der Waals surface area contributed by atoms with Crippen LogP contribution in [0.5, 0.6) is 0 Å². The van der Waals surface area contributed by atoms with Crippen molar-refractivity contribution < 1.29 is 0 Å². The highest BCUT2D eigenvalue weighted by molar-refractivity contribution is 14.0. The number of hydrogen-bond acceptors (Lipinski definition) is 2. The molecule has 1 aliphatic heterocycles. The first-order chi connectivity index (χ1) is 11.6. The van der Waals surface area contributed by atoms with Gasteiger partial charge < -0.3 is 15.5 Å². The lowest BCUT2D eigenvalue weighted by atomic mass is 9.98. The largest absolute Gasteiger partial charge is 0.357 e. The monoisotopic (exact) mass is 458 g/mol. The number of guanidine groups is 1. The van der Waals surface area contributed by atoms with E-state index in [9.17, 15) is 0 Å². The molecule has 1 saturated heterocycles. The molecule has 0 saturated carbocycles. The second-order valence-electron chi connectivity index (χ2n) is 6.91. The lowest BCUT2D eigenvalue weighted by molar-refractivity contribution is 0.183. The summed E-state index contributed by atoms with van der Waals surface area (Å²) in [5.41, 5.74) is 3.93. The van der Waals surface area contributed by atoms with E-state index >= 15 is 0 Å². The van der Waals surface area contributed by atoms with Gasteiger partial charge in [0.05, 0.1) is 6.54 Å². The smallest absolute Gasteiger partial charge is 0.191 e. The molecule has 0 aliphatic carbocycles. The first-order valence-corrected chi connectivity index (χ1v) is 9.43. The minimum atomic E-state index is 0. The van der Waals surface area contributed by atoms with Crippen molar-refractivity contribution >= 4 is 29.9 Å². The van der Waals surface area contributed by atoms with Gasteiger partial charge in [0.2, 0.25) is 0 Å². The van der Waals surface area contributed by atoms with Crippen molar-refractivity contribution in [2.45, 2.75) is 47.1 Å². The van der Waals surface area contributed by atoms with E-state index in [2.05, 4.69) is 61.4 Å². The third kappa shape index (κ3) is 7.52. The maximum absolute atomic E-state index is 4.78. The minimum absolute atomic E-state index is 0. The summed E-state index contributed by atoms with van der Waals surface area (Å²) >= 11 is 0. The van der Waals surface area contributed by atoms with Crippen LogP contribution in [0.25, 0.3) is 0 Å². The van der Waals surface area contributed by atoms with E-state index in [1.165, 1.54) is 42.6 Å². The Morgan fingerprint density at radius 1 is 1.24 bits per heavy atom. The van der Waals surface area contributed by atoms with Gasteiger partial charge in [0, 0.05) is 19.6 Å². The number of benzene rings is 1. The molecule has 2 N–H and O–H groups in total. The fraction of sp³-hybridized carbons (Fsp3) is 0.650. The third-order valence-corrected chi connectivity index (χ3v) is 4.86. The summed E-state index contributed by atoms with van der Waals surface area (Å²) in [6.07, 6.45) is 2.64. The summed E-state index contributed by atoms with van der Waals surface area (Å²) in [4.78, 5) is 7.33. The first-order valence-electron chi connectivity index (χ1n) is 9.43. The Labute approximate surface area is 170 Å². The van der Waals surface area contributed by atoms with Crippen LogP contribution in [0.2, 0.25) is 0 Å². The van der Waals surface area contributed by atoms with Gasteiger partial charge in [-0.05, 0) is 63.7 Å². The van der Waals surface area contributed by atoms with E-state index < -0.39 is 0 Å². The van der Waals surface area contributed by atoms with Crippen LogP contribution in [0.3, 0.4) is 0 Å². The molecule has 1 unspecified atom stereocenters. The van der Waals surface area contributed by atoms with Crippen molar-refractivity contribution in [3.63, 3.8) is 0 Å². The van der Waals surface area contributed by atoms with Crippen molar-refractivity contribution in [1.29, 1.82) is 0 Å². The van der Waals surface area contributed by atoms with Gasteiger partial charge in [-0.1, -0.05) is 30.7 Å². The highest BCUT2D eigenvalue weighted by Crippen LogP contribution is 2.15. The first kappa shape index (κ1) is 22.2. The molecule has 1 atom stereocenters. The number of nitrogens with one attached hydrogen (secondary N) is 2. The van der Waals surface area contributed by atoms with Crippen LogP contribution in [-0.4, -0.2) is 43.6 Å². The number of halogens is 1. The number of rotatable bonds is 6. The van der Waals surface area contributed by atoms with Gasteiger partial charge in [-0.2, -0.15) is 0 Å². The van der Waals surface area contributed by atoms with Crippen molar-refractivity contribution in [1.82, 2.24) is 15.5 Å². The normalized spacial score (nSPS) is 18.6. The fourth-order valence-corrected chi connectivity index (χ4v) is 3.38. The Kier molecular flexibility index (Phi) is 10.4. The Bertz CT molecular complexity index is 544. The maximum atomic E-state index is 4.78. The molecule has 0 bridgehead atoms. The predicted octanol–water partition coefficient (Wildman–Crippen LogP) is 3.71.